The number of ether oxygens (including phenoxy) is 1. The molecule has 1 saturated heterocycles. The largest absolute Gasteiger partial charge is 0.381 e. The Morgan fingerprint density at radius 1 is 1.12 bits per heavy atom. The SMILES string of the molecule is CO[C@@H]1CCN(c2nc(-c3c(C)ccc4n[nH]c(C)c34)nc3c2CN(c2cc(C(F)F)nn2C)CC3)CC1(C)C. The molecule has 0 unspecified atom stereocenters. The Morgan fingerprint density at radius 2 is 1.93 bits per heavy atom. The predicted octanol–water partition coefficient (Wildman–Crippen LogP) is 5.12. The van der Waals surface area contributed by atoms with Crippen molar-refractivity contribution in [2.45, 2.75) is 59.6 Å². The third kappa shape index (κ3) is 4.40. The minimum Gasteiger partial charge on any atom is -0.381 e. The Morgan fingerprint density at radius 3 is 2.62 bits per heavy atom. The standard InChI is InChI=1S/C29H36F2N8O/c1-16-7-8-20-25(17(2)34-35-20)24(16)27-32-19-9-11-38(23-13-21(26(30)31)36-37(23)5)14-18(19)28(33-27)39-12-10-22(40-6)29(3,4)15-39/h7-8,13,22,26H,9-12,14-15H2,1-6H3,(H,34,35)/t22-/m1/s1. The van der Waals surface area contributed by atoms with Gasteiger partial charge in [0.2, 0.25) is 0 Å². The number of hydrogen-bond acceptors (Lipinski definition) is 7. The van der Waals surface area contributed by atoms with Crippen LogP contribution in [0.4, 0.5) is 20.4 Å². The van der Waals surface area contributed by atoms with Crippen LogP contribution in [0.2, 0.25) is 0 Å². The minimum atomic E-state index is -2.61. The Bertz CT molecular complexity index is 1580. The lowest BCUT2D eigenvalue weighted by molar-refractivity contribution is -0.00647. The van der Waals surface area contributed by atoms with E-state index in [1.165, 1.54) is 6.07 Å². The number of halogens is 2. The maximum absolute atomic E-state index is 13.4. The summed E-state index contributed by atoms with van der Waals surface area (Å²) in [4.78, 5) is 14.9. The third-order valence-electron chi connectivity index (χ3n) is 8.51. The summed E-state index contributed by atoms with van der Waals surface area (Å²) in [5, 5.41) is 12.7. The highest BCUT2D eigenvalue weighted by atomic mass is 19.3. The van der Waals surface area contributed by atoms with Crippen molar-refractivity contribution in [3.63, 3.8) is 0 Å². The van der Waals surface area contributed by atoms with Crippen molar-refractivity contribution in [3.05, 3.63) is 46.4 Å². The monoisotopic (exact) mass is 550 g/mol. The number of nitrogens with zero attached hydrogens (tertiary/aromatic N) is 7. The van der Waals surface area contributed by atoms with E-state index >= 15 is 0 Å². The fourth-order valence-corrected chi connectivity index (χ4v) is 6.46. The smallest absolute Gasteiger partial charge is 0.282 e. The maximum atomic E-state index is 13.4. The Kier molecular flexibility index (Phi) is 6.52. The molecule has 3 aromatic heterocycles. The molecule has 0 bridgehead atoms. The highest BCUT2D eigenvalue weighted by Crippen LogP contribution is 2.39. The van der Waals surface area contributed by atoms with E-state index in [0.717, 1.165) is 64.3 Å². The van der Waals surface area contributed by atoms with Crippen LogP contribution in [-0.2, 0) is 24.8 Å². The highest BCUT2D eigenvalue weighted by molar-refractivity contribution is 5.96. The molecule has 11 heteroatoms. The zero-order chi connectivity index (χ0) is 28.3. The summed E-state index contributed by atoms with van der Waals surface area (Å²) in [7, 11) is 3.49. The van der Waals surface area contributed by atoms with Crippen molar-refractivity contribution in [1.29, 1.82) is 0 Å². The second-order valence-corrected chi connectivity index (χ2v) is 11.7. The minimum absolute atomic E-state index is 0.0787. The zero-order valence-corrected chi connectivity index (χ0v) is 23.9. The zero-order valence-electron chi connectivity index (χ0n) is 23.9. The molecule has 2 aliphatic rings. The molecule has 0 aliphatic carbocycles. The van der Waals surface area contributed by atoms with Gasteiger partial charge in [0.15, 0.2) is 5.82 Å². The van der Waals surface area contributed by atoms with E-state index < -0.39 is 6.43 Å². The van der Waals surface area contributed by atoms with Crippen LogP contribution in [0.5, 0.6) is 0 Å². The summed E-state index contributed by atoms with van der Waals surface area (Å²) >= 11 is 0. The number of benzene rings is 1. The predicted molar refractivity (Wildman–Crippen MR) is 151 cm³/mol. The Balaban J connectivity index is 1.49. The summed E-state index contributed by atoms with van der Waals surface area (Å²) in [5.74, 6) is 2.27. The van der Waals surface area contributed by atoms with Crippen molar-refractivity contribution < 1.29 is 13.5 Å². The van der Waals surface area contributed by atoms with Gasteiger partial charge in [0.05, 0.1) is 17.3 Å². The van der Waals surface area contributed by atoms with Crippen molar-refractivity contribution >= 4 is 22.5 Å². The van der Waals surface area contributed by atoms with Gasteiger partial charge in [-0.15, -0.1) is 0 Å². The first-order valence-electron chi connectivity index (χ1n) is 13.8. The Labute approximate surface area is 232 Å². The number of piperidine rings is 1. The summed E-state index contributed by atoms with van der Waals surface area (Å²) in [6, 6.07) is 5.58. The molecule has 0 amide bonds. The molecule has 2 aliphatic heterocycles. The van der Waals surface area contributed by atoms with E-state index in [9.17, 15) is 8.78 Å². The molecule has 0 spiro atoms. The lowest BCUT2D eigenvalue weighted by Gasteiger charge is -2.45. The van der Waals surface area contributed by atoms with Crippen LogP contribution in [0.25, 0.3) is 22.3 Å². The van der Waals surface area contributed by atoms with Gasteiger partial charge in [-0.05, 0) is 31.9 Å². The number of anilines is 2. The number of aromatic amines is 1. The summed E-state index contributed by atoms with van der Waals surface area (Å²) in [6.45, 7) is 11.3. The van der Waals surface area contributed by atoms with Crippen molar-refractivity contribution in [1.82, 2.24) is 29.9 Å². The number of H-pyrrole nitrogens is 1. The van der Waals surface area contributed by atoms with Gasteiger partial charge in [0.25, 0.3) is 6.43 Å². The first-order valence-corrected chi connectivity index (χ1v) is 13.8. The van der Waals surface area contributed by atoms with Crippen molar-refractivity contribution in [2.24, 2.45) is 12.5 Å². The number of rotatable bonds is 5. The van der Waals surface area contributed by atoms with E-state index in [2.05, 4.69) is 51.9 Å². The van der Waals surface area contributed by atoms with Crippen LogP contribution in [-0.4, -0.2) is 62.8 Å². The highest BCUT2D eigenvalue weighted by Gasteiger charge is 2.38. The molecule has 6 rings (SSSR count). The van der Waals surface area contributed by atoms with Crippen LogP contribution in [0.3, 0.4) is 0 Å². The first-order chi connectivity index (χ1) is 19.1. The number of hydrogen-bond donors (Lipinski definition) is 1. The summed E-state index contributed by atoms with van der Waals surface area (Å²) in [5.41, 5.74) is 5.70. The average Bonchev–Trinajstić information content (AvgIpc) is 3.50. The van der Waals surface area contributed by atoms with Gasteiger partial charge in [-0.1, -0.05) is 19.9 Å². The van der Waals surface area contributed by atoms with Crippen LogP contribution in [0.15, 0.2) is 18.2 Å². The van der Waals surface area contributed by atoms with E-state index in [-0.39, 0.29) is 17.2 Å². The van der Waals surface area contributed by atoms with E-state index in [0.29, 0.717) is 31.2 Å². The number of aromatic nitrogens is 6. The van der Waals surface area contributed by atoms with Crippen LogP contribution < -0.4 is 9.80 Å². The number of methoxy groups -OCH3 is 1. The average molecular weight is 551 g/mol. The molecule has 1 N–H and O–H groups in total. The second-order valence-electron chi connectivity index (χ2n) is 11.7. The number of alkyl halides is 2. The van der Waals surface area contributed by atoms with Crippen molar-refractivity contribution in [2.75, 3.05) is 36.5 Å². The molecule has 40 heavy (non-hydrogen) atoms. The molecule has 0 saturated carbocycles. The molecular weight excluding hydrogens is 514 g/mol. The van der Waals surface area contributed by atoms with E-state index in [4.69, 9.17) is 14.7 Å². The second kappa shape index (κ2) is 9.79. The normalized spacial score (nSPS) is 19.1. The maximum Gasteiger partial charge on any atom is 0.282 e. The molecule has 0 radical (unpaired) electrons. The molecule has 1 fully saturated rings. The fourth-order valence-electron chi connectivity index (χ4n) is 6.46. The Hall–Kier alpha value is -3.60. The lowest BCUT2D eigenvalue weighted by atomic mass is 9.81. The lowest BCUT2D eigenvalue weighted by Crippen LogP contribution is -2.50. The van der Waals surface area contributed by atoms with Gasteiger partial charge in [-0.2, -0.15) is 10.2 Å². The first kappa shape index (κ1) is 26.6. The van der Waals surface area contributed by atoms with E-state index in [1.54, 1.807) is 18.8 Å². The van der Waals surface area contributed by atoms with Gasteiger partial charge in [-0.25, -0.2) is 18.7 Å². The topological polar surface area (TPSA) is 88.0 Å². The fraction of sp³-hybridized carbons (Fsp3) is 0.517. The van der Waals surface area contributed by atoms with Gasteiger partial charge in [-0.3, -0.25) is 9.78 Å². The molecule has 1 aromatic carbocycles. The van der Waals surface area contributed by atoms with Crippen LogP contribution >= 0.6 is 0 Å². The van der Waals surface area contributed by atoms with Crippen LogP contribution in [0, 0.1) is 19.3 Å². The summed E-state index contributed by atoms with van der Waals surface area (Å²) in [6.07, 6.45) is -0.898. The molecule has 212 valence electrons. The van der Waals surface area contributed by atoms with Crippen LogP contribution in [0.1, 0.15) is 54.9 Å². The van der Waals surface area contributed by atoms with Crippen molar-refractivity contribution in [3.8, 4) is 11.4 Å². The van der Waals surface area contributed by atoms with Gasteiger partial charge in [0, 0.05) is 80.4 Å². The molecule has 1 atom stereocenters. The molecule has 4 aromatic rings. The summed E-state index contributed by atoms with van der Waals surface area (Å²) < 4.78 is 34.2. The van der Waals surface area contributed by atoms with Gasteiger partial charge < -0.3 is 14.5 Å². The number of fused-ring (bicyclic) bond motifs is 2. The molecular formula is C29H36F2N8O. The quantitative estimate of drug-likeness (QED) is 0.369. The van der Waals surface area contributed by atoms with E-state index in [1.807, 2.05) is 13.0 Å². The number of nitrogens with one attached hydrogen (secondary N) is 1. The number of aryl methyl sites for hydroxylation is 3. The van der Waals surface area contributed by atoms with Gasteiger partial charge >= 0.3 is 0 Å². The molecule has 5 heterocycles. The third-order valence-corrected chi connectivity index (χ3v) is 8.51. The van der Waals surface area contributed by atoms with Gasteiger partial charge in [0.1, 0.15) is 17.3 Å². The molecule has 9 nitrogen and oxygen atoms in total.